The van der Waals surface area contributed by atoms with Gasteiger partial charge in [0.15, 0.2) is 5.16 Å². The summed E-state index contributed by atoms with van der Waals surface area (Å²) >= 11 is 1.51. The van der Waals surface area contributed by atoms with Crippen LogP contribution in [0.25, 0.3) is 0 Å². The van der Waals surface area contributed by atoms with Crippen molar-refractivity contribution in [3.05, 3.63) is 93.4 Å². The first kappa shape index (κ1) is 22.3. The van der Waals surface area contributed by atoms with Crippen LogP contribution in [0.3, 0.4) is 0 Å². The number of aromatic amines is 1. The maximum absolute atomic E-state index is 13.0. The highest BCUT2D eigenvalue weighted by atomic mass is 32.2. The van der Waals surface area contributed by atoms with E-state index in [2.05, 4.69) is 34.2 Å². The van der Waals surface area contributed by atoms with Crippen LogP contribution in [0.15, 0.2) is 70.6 Å². The normalized spacial score (nSPS) is 15.8. The molecular weight excluding hydrogens is 418 g/mol. The molecule has 2 aromatic carbocycles. The molecule has 32 heavy (non-hydrogen) atoms. The lowest BCUT2D eigenvalue weighted by molar-refractivity contribution is -0.131. The number of likely N-dealkylation sites (tertiary alicyclic amines) is 1. The van der Waals surface area contributed by atoms with Gasteiger partial charge in [-0.25, -0.2) is 4.98 Å². The van der Waals surface area contributed by atoms with Gasteiger partial charge in [-0.15, -0.1) is 0 Å². The van der Waals surface area contributed by atoms with Crippen LogP contribution in [0.5, 0.6) is 0 Å². The molecule has 2 heterocycles. The number of hydrogen-bond acceptors (Lipinski definition) is 4. The van der Waals surface area contributed by atoms with Gasteiger partial charge in [-0.1, -0.05) is 72.4 Å². The first-order valence-electron chi connectivity index (χ1n) is 11.2. The van der Waals surface area contributed by atoms with E-state index >= 15 is 0 Å². The standard InChI is InChI=1S/C26H29N3O2S/c1-19-23(25(31)28-26(27-19)32-18-21-11-6-3-7-12-21)14-15-24(30)29-16-8-13-22(29)17-20-9-4-2-5-10-20/h2-7,9-12,22H,8,13-18H2,1H3,(H,27,28,31). The number of aromatic nitrogens is 2. The number of rotatable bonds is 8. The minimum Gasteiger partial charge on any atom is -0.339 e. The molecule has 0 radical (unpaired) electrons. The second-order valence-electron chi connectivity index (χ2n) is 8.28. The molecule has 0 saturated carbocycles. The van der Waals surface area contributed by atoms with Crippen molar-refractivity contribution in [2.24, 2.45) is 0 Å². The Bertz CT molecular complexity index is 1100. The van der Waals surface area contributed by atoms with E-state index in [-0.39, 0.29) is 17.5 Å². The smallest absolute Gasteiger partial charge is 0.254 e. The summed E-state index contributed by atoms with van der Waals surface area (Å²) in [4.78, 5) is 35.1. The predicted octanol–water partition coefficient (Wildman–Crippen LogP) is 4.54. The second-order valence-corrected chi connectivity index (χ2v) is 9.25. The van der Waals surface area contributed by atoms with Crippen molar-refractivity contribution in [2.45, 2.75) is 56.0 Å². The maximum Gasteiger partial charge on any atom is 0.254 e. The Morgan fingerprint density at radius 3 is 2.47 bits per heavy atom. The van der Waals surface area contributed by atoms with E-state index in [9.17, 15) is 9.59 Å². The monoisotopic (exact) mass is 447 g/mol. The Morgan fingerprint density at radius 1 is 1.09 bits per heavy atom. The number of carbonyl (C=O) groups is 1. The van der Waals surface area contributed by atoms with E-state index in [1.807, 2.05) is 48.2 Å². The van der Waals surface area contributed by atoms with Gasteiger partial charge in [0.1, 0.15) is 0 Å². The van der Waals surface area contributed by atoms with Crippen LogP contribution >= 0.6 is 11.8 Å². The number of benzene rings is 2. The molecule has 1 atom stereocenters. The Kier molecular flexibility index (Phi) is 7.43. The van der Waals surface area contributed by atoms with Crippen molar-refractivity contribution in [3.8, 4) is 0 Å². The van der Waals surface area contributed by atoms with E-state index in [4.69, 9.17) is 0 Å². The third-order valence-corrected chi connectivity index (χ3v) is 6.96. The zero-order chi connectivity index (χ0) is 22.3. The molecule has 1 aliphatic rings. The number of hydrogen-bond donors (Lipinski definition) is 1. The van der Waals surface area contributed by atoms with Gasteiger partial charge in [0, 0.05) is 36.0 Å². The van der Waals surface area contributed by atoms with Crippen LogP contribution in [-0.2, 0) is 23.4 Å². The van der Waals surface area contributed by atoms with Crippen molar-refractivity contribution < 1.29 is 4.79 Å². The number of H-pyrrole nitrogens is 1. The number of nitrogens with zero attached hydrogens (tertiary/aromatic N) is 2. The van der Waals surface area contributed by atoms with Gasteiger partial charge >= 0.3 is 0 Å². The number of nitrogens with one attached hydrogen (secondary N) is 1. The Morgan fingerprint density at radius 2 is 1.78 bits per heavy atom. The van der Waals surface area contributed by atoms with Crippen LogP contribution in [0.1, 0.15) is 41.6 Å². The molecule has 166 valence electrons. The summed E-state index contributed by atoms with van der Waals surface area (Å²) in [6, 6.07) is 20.7. The van der Waals surface area contributed by atoms with Crippen molar-refractivity contribution >= 4 is 17.7 Å². The highest BCUT2D eigenvalue weighted by molar-refractivity contribution is 7.98. The average molecular weight is 448 g/mol. The van der Waals surface area contributed by atoms with Crippen molar-refractivity contribution in [2.75, 3.05) is 6.54 Å². The molecule has 0 spiro atoms. The highest BCUT2D eigenvalue weighted by Crippen LogP contribution is 2.23. The summed E-state index contributed by atoms with van der Waals surface area (Å²) < 4.78 is 0. The van der Waals surface area contributed by atoms with Crippen LogP contribution < -0.4 is 5.56 Å². The average Bonchev–Trinajstić information content (AvgIpc) is 3.26. The van der Waals surface area contributed by atoms with E-state index in [0.29, 0.717) is 29.3 Å². The molecular formula is C26H29N3O2S. The van der Waals surface area contributed by atoms with E-state index < -0.39 is 0 Å². The van der Waals surface area contributed by atoms with Gasteiger partial charge in [0.05, 0.1) is 0 Å². The molecule has 4 rings (SSSR count). The van der Waals surface area contributed by atoms with Gasteiger partial charge in [-0.05, 0) is 43.7 Å². The van der Waals surface area contributed by atoms with Crippen molar-refractivity contribution in [1.82, 2.24) is 14.9 Å². The third kappa shape index (κ3) is 5.68. The minimum absolute atomic E-state index is 0.129. The zero-order valence-electron chi connectivity index (χ0n) is 18.4. The second kappa shape index (κ2) is 10.6. The molecule has 1 aliphatic heterocycles. The molecule has 3 aromatic rings. The maximum atomic E-state index is 13.0. The summed E-state index contributed by atoms with van der Waals surface area (Å²) in [6.45, 7) is 2.66. The summed E-state index contributed by atoms with van der Waals surface area (Å²) in [5.74, 6) is 0.878. The molecule has 0 aliphatic carbocycles. The van der Waals surface area contributed by atoms with Crippen LogP contribution in [0, 0.1) is 6.92 Å². The first-order chi connectivity index (χ1) is 15.6. The van der Waals surface area contributed by atoms with Gasteiger partial charge in [-0.3, -0.25) is 9.59 Å². The minimum atomic E-state index is -0.136. The Labute approximate surface area is 193 Å². The van der Waals surface area contributed by atoms with Crippen LogP contribution in [-0.4, -0.2) is 33.4 Å². The van der Waals surface area contributed by atoms with E-state index in [0.717, 1.165) is 31.6 Å². The van der Waals surface area contributed by atoms with Gasteiger partial charge < -0.3 is 9.88 Å². The van der Waals surface area contributed by atoms with Crippen molar-refractivity contribution in [3.63, 3.8) is 0 Å². The fraction of sp³-hybridized carbons (Fsp3) is 0.346. The van der Waals surface area contributed by atoms with Gasteiger partial charge in [0.25, 0.3) is 5.56 Å². The molecule has 1 aromatic heterocycles. The zero-order valence-corrected chi connectivity index (χ0v) is 19.2. The highest BCUT2D eigenvalue weighted by Gasteiger charge is 2.28. The molecule has 1 N–H and O–H groups in total. The molecule has 5 nitrogen and oxygen atoms in total. The lowest BCUT2D eigenvalue weighted by Gasteiger charge is -2.25. The SMILES string of the molecule is Cc1nc(SCc2ccccc2)[nH]c(=O)c1CCC(=O)N1CCCC1Cc1ccccc1. The Hall–Kier alpha value is -2.86. The molecule has 1 saturated heterocycles. The topological polar surface area (TPSA) is 66.1 Å². The molecule has 6 heteroatoms. The lowest BCUT2D eigenvalue weighted by atomic mass is 10.0. The molecule has 1 fully saturated rings. The van der Waals surface area contributed by atoms with E-state index in [1.165, 1.54) is 22.9 Å². The quantitative estimate of drug-likeness (QED) is 0.407. The first-order valence-corrected chi connectivity index (χ1v) is 12.2. The number of thioether (sulfide) groups is 1. The van der Waals surface area contributed by atoms with Gasteiger partial charge in [-0.2, -0.15) is 0 Å². The molecule has 1 amide bonds. The largest absolute Gasteiger partial charge is 0.339 e. The number of amides is 1. The Balaban J connectivity index is 1.35. The van der Waals surface area contributed by atoms with Crippen molar-refractivity contribution in [1.29, 1.82) is 0 Å². The molecule has 0 bridgehead atoms. The lowest BCUT2D eigenvalue weighted by Crippen LogP contribution is -2.37. The summed E-state index contributed by atoms with van der Waals surface area (Å²) in [5, 5.41) is 0.619. The number of aryl methyl sites for hydroxylation is 1. The fourth-order valence-electron chi connectivity index (χ4n) is 4.31. The fourth-order valence-corrected chi connectivity index (χ4v) is 5.17. The summed E-state index contributed by atoms with van der Waals surface area (Å²) in [5.41, 5.74) is 3.63. The number of carbonyl (C=O) groups excluding carboxylic acids is 1. The van der Waals surface area contributed by atoms with Crippen LogP contribution in [0.4, 0.5) is 0 Å². The predicted molar refractivity (Wildman–Crippen MR) is 129 cm³/mol. The van der Waals surface area contributed by atoms with Crippen LogP contribution in [0.2, 0.25) is 0 Å². The van der Waals surface area contributed by atoms with E-state index in [1.54, 1.807) is 0 Å². The van der Waals surface area contributed by atoms with Gasteiger partial charge in [0.2, 0.25) is 5.91 Å². The summed E-state index contributed by atoms with van der Waals surface area (Å²) in [7, 11) is 0. The molecule has 1 unspecified atom stereocenters. The summed E-state index contributed by atoms with van der Waals surface area (Å²) in [6.07, 6.45) is 3.73. The third-order valence-electron chi connectivity index (χ3n) is 6.02.